The molecule has 3 heteroatoms. The number of nitrogens with zero attached hydrogens (tertiary/aromatic N) is 2. The second-order valence-corrected chi connectivity index (χ2v) is 5.45. The molecular weight excluding hydrogens is 234 g/mol. The van der Waals surface area contributed by atoms with Gasteiger partial charge in [-0.25, -0.2) is 0 Å². The van der Waals surface area contributed by atoms with Crippen LogP contribution >= 0.6 is 0 Å². The molecule has 2 rings (SSSR count). The summed E-state index contributed by atoms with van der Waals surface area (Å²) < 4.78 is 0. The van der Waals surface area contributed by atoms with Crippen LogP contribution in [0.1, 0.15) is 19.8 Å². The molecule has 1 aromatic carbocycles. The number of hydrogen-bond donors (Lipinski definition) is 1. The summed E-state index contributed by atoms with van der Waals surface area (Å²) >= 11 is 0. The summed E-state index contributed by atoms with van der Waals surface area (Å²) in [6.45, 7) is 7.94. The molecule has 106 valence electrons. The van der Waals surface area contributed by atoms with Gasteiger partial charge in [0.05, 0.1) is 0 Å². The van der Waals surface area contributed by atoms with Gasteiger partial charge in [0.25, 0.3) is 0 Å². The molecule has 0 radical (unpaired) electrons. The molecule has 0 atom stereocenters. The zero-order valence-electron chi connectivity index (χ0n) is 12.3. The van der Waals surface area contributed by atoms with Crippen molar-refractivity contribution < 1.29 is 0 Å². The summed E-state index contributed by atoms with van der Waals surface area (Å²) in [6.07, 6.45) is 2.51. The van der Waals surface area contributed by atoms with Crippen LogP contribution in [-0.2, 0) is 0 Å². The zero-order valence-corrected chi connectivity index (χ0v) is 12.3. The van der Waals surface area contributed by atoms with E-state index in [2.05, 4.69) is 59.4 Å². The molecule has 1 saturated heterocycles. The predicted molar refractivity (Wildman–Crippen MR) is 82.9 cm³/mol. The van der Waals surface area contributed by atoms with E-state index in [0.717, 1.165) is 19.6 Å². The first-order valence-corrected chi connectivity index (χ1v) is 7.51. The SMILES string of the molecule is CCN(C)CCNC1CCN(c2ccccc2)CC1. The summed E-state index contributed by atoms with van der Waals surface area (Å²) in [5.74, 6) is 0. The van der Waals surface area contributed by atoms with Crippen LogP contribution in [-0.4, -0.2) is 50.7 Å². The quantitative estimate of drug-likeness (QED) is 0.847. The van der Waals surface area contributed by atoms with E-state index in [1.54, 1.807) is 0 Å². The lowest BCUT2D eigenvalue weighted by molar-refractivity contribution is 0.327. The minimum absolute atomic E-state index is 0.699. The first kappa shape index (κ1) is 14.4. The number of nitrogens with one attached hydrogen (secondary N) is 1. The Morgan fingerprint density at radius 2 is 1.89 bits per heavy atom. The van der Waals surface area contributed by atoms with E-state index in [-0.39, 0.29) is 0 Å². The highest BCUT2D eigenvalue weighted by atomic mass is 15.2. The Kier molecular flexibility index (Phi) is 5.67. The van der Waals surface area contributed by atoms with E-state index in [0.29, 0.717) is 6.04 Å². The number of likely N-dealkylation sites (N-methyl/N-ethyl adjacent to an activating group) is 1. The van der Waals surface area contributed by atoms with Gasteiger partial charge in [0.15, 0.2) is 0 Å². The lowest BCUT2D eigenvalue weighted by atomic mass is 10.0. The fourth-order valence-corrected chi connectivity index (χ4v) is 2.60. The minimum atomic E-state index is 0.699. The third-order valence-corrected chi connectivity index (χ3v) is 4.08. The largest absolute Gasteiger partial charge is 0.371 e. The van der Waals surface area contributed by atoms with Crippen molar-refractivity contribution in [1.82, 2.24) is 10.2 Å². The van der Waals surface area contributed by atoms with Crippen molar-refractivity contribution >= 4 is 5.69 Å². The van der Waals surface area contributed by atoms with Crippen LogP contribution in [0.5, 0.6) is 0 Å². The van der Waals surface area contributed by atoms with E-state index < -0.39 is 0 Å². The second-order valence-electron chi connectivity index (χ2n) is 5.45. The van der Waals surface area contributed by atoms with Gasteiger partial charge >= 0.3 is 0 Å². The highest BCUT2D eigenvalue weighted by molar-refractivity contribution is 5.46. The number of para-hydroxylation sites is 1. The molecule has 0 aliphatic carbocycles. The third-order valence-electron chi connectivity index (χ3n) is 4.08. The Morgan fingerprint density at radius 1 is 1.21 bits per heavy atom. The Balaban J connectivity index is 1.68. The fraction of sp³-hybridized carbons (Fsp3) is 0.625. The Bertz CT molecular complexity index is 344. The van der Waals surface area contributed by atoms with Gasteiger partial charge in [0.1, 0.15) is 0 Å². The average Bonchev–Trinajstić information content (AvgIpc) is 2.48. The van der Waals surface area contributed by atoms with Crippen LogP contribution in [0.15, 0.2) is 30.3 Å². The molecule has 19 heavy (non-hydrogen) atoms. The second kappa shape index (κ2) is 7.51. The van der Waals surface area contributed by atoms with Gasteiger partial charge < -0.3 is 15.1 Å². The molecule has 1 heterocycles. The van der Waals surface area contributed by atoms with Gasteiger partial charge in [-0.05, 0) is 38.6 Å². The zero-order chi connectivity index (χ0) is 13.5. The minimum Gasteiger partial charge on any atom is -0.371 e. The van der Waals surface area contributed by atoms with E-state index in [4.69, 9.17) is 0 Å². The lowest BCUT2D eigenvalue weighted by Crippen LogP contribution is -2.44. The summed E-state index contributed by atoms with van der Waals surface area (Å²) in [6, 6.07) is 11.5. The van der Waals surface area contributed by atoms with Crippen molar-refractivity contribution in [1.29, 1.82) is 0 Å². The number of benzene rings is 1. The van der Waals surface area contributed by atoms with E-state index >= 15 is 0 Å². The smallest absolute Gasteiger partial charge is 0.0366 e. The molecule has 0 unspecified atom stereocenters. The van der Waals surface area contributed by atoms with Crippen LogP contribution in [0, 0.1) is 0 Å². The first-order valence-electron chi connectivity index (χ1n) is 7.51. The van der Waals surface area contributed by atoms with Crippen LogP contribution in [0.4, 0.5) is 5.69 Å². The molecule has 3 nitrogen and oxygen atoms in total. The summed E-state index contributed by atoms with van der Waals surface area (Å²) in [5.41, 5.74) is 1.37. The van der Waals surface area contributed by atoms with Crippen molar-refractivity contribution in [3.8, 4) is 0 Å². The van der Waals surface area contributed by atoms with Crippen LogP contribution in [0.25, 0.3) is 0 Å². The molecular formula is C16H27N3. The number of piperidine rings is 1. The third kappa shape index (κ3) is 4.51. The van der Waals surface area contributed by atoms with E-state index in [1.165, 1.54) is 31.6 Å². The van der Waals surface area contributed by atoms with Crippen molar-refractivity contribution in [3.63, 3.8) is 0 Å². The Morgan fingerprint density at radius 3 is 2.53 bits per heavy atom. The van der Waals surface area contributed by atoms with Crippen molar-refractivity contribution in [3.05, 3.63) is 30.3 Å². The topological polar surface area (TPSA) is 18.5 Å². The molecule has 0 bridgehead atoms. The van der Waals surface area contributed by atoms with Crippen molar-refractivity contribution in [2.75, 3.05) is 44.7 Å². The number of anilines is 1. The van der Waals surface area contributed by atoms with Crippen LogP contribution in [0.3, 0.4) is 0 Å². The van der Waals surface area contributed by atoms with Gasteiger partial charge in [-0.2, -0.15) is 0 Å². The Labute approximate surface area is 117 Å². The monoisotopic (exact) mass is 261 g/mol. The van der Waals surface area contributed by atoms with Gasteiger partial charge in [-0.1, -0.05) is 25.1 Å². The predicted octanol–water partition coefficient (Wildman–Crippen LogP) is 2.20. The van der Waals surface area contributed by atoms with Crippen LogP contribution < -0.4 is 10.2 Å². The maximum atomic E-state index is 3.69. The molecule has 1 aliphatic heterocycles. The number of hydrogen-bond acceptors (Lipinski definition) is 3. The van der Waals surface area contributed by atoms with Crippen molar-refractivity contribution in [2.24, 2.45) is 0 Å². The lowest BCUT2D eigenvalue weighted by Gasteiger charge is -2.34. The highest BCUT2D eigenvalue weighted by Gasteiger charge is 2.18. The van der Waals surface area contributed by atoms with E-state index in [9.17, 15) is 0 Å². The molecule has 0 spiro atoms. The summed E-state index contributed by atoms with van der Waals surface area (Å²) in [5, 5.41) is 3.69. The summed E-state index contributed by atoms with van der Waals surface area (Å²) in [4.78, 5) is 4.85. The van der Waals surface area contributed by atoms with Gasteiger partial charge in [-0.15, -0.1) is 0 Å². The fourth-order valence-electron chi connectivity index (χ4n) is 2.60. The van der Waals surface area contributed by atoms with Gasteiger partial charge in [0, 0.05) is 37.9 Å². The molecule has 1 aromatic rings. The van der Waals surface area contributed by atoms with E-state index in [1.807, 2.05) is 0 Å². The maximum Gasteiger partial charge on any atom is 0.0366 e. The highest BCUT2D eigenvalue weighted by Crippen LogP contribution is 2.19. The molecule has 1 N–H and O–H groups in total. The first-order chi connectivity index (χ1) is 9.29. The average molecular weight is 261 g/mol. The molecule has 0 saturated carbocycles. The summed E-state index contributed by atoms with van der Waals surface area (Å²) in [7, 11) is 2.18. The van der Waals surface area contributed by atoms with Crippen molar-refractivity contribution in [2.45, 2.75) is 25.8 Å². The van der Waals surface area contributed by atoms with Gasteiger partial charge in [0.2, 0.25) is 0 Å². The molecule has 1 aliphatic rings. The van der Waals surface area contributed by atoms with Gasteiger partial charge in [-0.3, -0.25) is 0 Å². The number of rotatable bonds is 6. The molecule has 0 aromatic heterocycles. The normalized spacial score (nSPS) is 17.1. The molecule has 1 fully saturated rings. The Hall–Kier alpha value is -1.06. The van der Waals surface area contributed by atoms with Crippen LogP contribution in [0.2, 0.25) is 0 Å². The maximum absolute atomic E-state index is 3.69. The molecule has 0 amide bonds. The standard InChI is InChI=1S/C16H27N3/c1-3-18(2)14-11-17-15-9-12-19(13-10-15)16-7-5-4-6-8-16/h4-8,15,17H,3,9-14H2,1-2H3.